The number of likely N-dealkylation sites (N-methyl/N-ethyl adjacent to an activating group) is 1. The van der Waals surface area contributed by atoms with Crippen LogP contribution in [0.3, 0.4) is 0 Å². The van der Waals surface area contributed by atoms with E-state index in [9.17, 15) is 4.79 Å². The Morgan fingerprint density at radius 3 is 2.75 bits per heavy atom. The van der Waals surface area contributed by atoms with Crippen LogP contribution < -0.4 is 16.0 Å². The first-order valence-electron chi connectivity index (χ1n) is 6.62. The second-order valence-electron chi connectivity index (χ2n) is 5.06. The molecule has 1 unspecified atom stereocenters. The summed E-state index contributed by atoms with van der Waals surface area (Å²) in [6.45, 7) is 5.35. The van der Waals surface area contributed by atoms with Crippen molar-refractivity contribution in [3.8, 4) is 0 Å². The SMILES string of the molecule is CC(CO)NC(=O)c1sc(N2CCN(C)CC2)nc1N. The molecule has 1 amide bonds. The van der Waals surface area contributed by atoms with Crippen LogP contribution in [0.4, 0.5) is 10.9 Å². The molecule has 4 N–H and O–H groups in total. The molecule has 112 valence electrons. The maximum atomic E-state index is 12.0. The number of nitrogens with zero attached hydrogens (tertiary/aromatic N) is 3. The lowest BCUT2D eigenvalue weighted by atomic mass is 10.3. The summed E-state index contributed by atoms with van der Waals surface area (Å²) in [5.41, 5.74) is 5.83. The van der Waals surface area contributed by atoms with Gasteiger partial charge in [0.1, 0.15) is 10.7 Å². The van der Waals surface area contributed by atoms with Crippen molar-refractivity contribution in [2.24, 2.45) is 0 Å². The van der Waals surface area contributed by atoms with Gasteiger partial charge in [-0.25, -0.2) is 4.98 Å². The molecule has 1 aromatic heterocycles. The maximum Gasteiger partial charge on any atom is 0.265 e. The number of aliphatic hydroxyl groups is 1. The molecule has 2 heterocycles. The van der Waals surface area contributed by atoms with Gasteiger partial charge in [0, 0.05) is 32.2 Å². The second kappa shape index (κ2) is 6.38. The van der Waals surface area contributed by atoms with Gasteiger partial charge in [0.2, 0.25) is 0 Å². The van der Waals surface area contributed by atoms with Crippen molar-refractivity contribution in [1.82, 2.24) is 15.2 Å². The number of thiazole rings is 1. The van der Waals surface area contributed by atoms with Gasteiger partial charge in [0.15, 0.2) is 5.13 Å². The van der Waals surface area contributed by atoms with Gasteiger partial charge >= 0.3 is 0 Å². The first kappa shape index (κ1) is 15.0. The molecule has 0 bridgehead atoms. The molecular formula is C12H21N5O2S. The number of nitrogen functional groups attached to an aromatic ring is 1. The van der Waals surface area contributed by atoms with Crippen molar-refractivity contribution < 1.29 is 9.90 Å². The molecule has 8 heteroatoms. The fraction of sp³-hybridized carbons (Fsp3) is 0.667. The van der Waals surface area contributed by atoms with Crippen LogP contribution in [0.15, 0.2) is 0 Å². The summed E-state index contributed by atoms with van der Waals surface area (Å²) in [5, 5.41) is 12.4. The largest absolute Gasteiger partial charge is 0.394 e. The lowest BCUT2D eigenvalue weighted by Gasteiger charge is -2.31. The molecule has 0 aromatic carbocycles. The third-order valence-corrected chi connectivity index (χ3v) is 4.40. The van der Waals surface area contributed by atoms with Crippen LogP contribution in [0, 0.1) is 0 Å². The summed E-state index contributed by atoms with van der Waals surface area (Å²) in [5.74, 6) is -0.0199. The van der Waals surface area contributed by atoms with Gasteiger partial charge < -0.3 is 26.0 Å². The summed E-state index contributed by atoms with van der Waals surface area (Å²) in [6.07, 6.45) is 0. The molecule has 0 saturated carbocycles. The summed E-state index contributed by atoms with van der Waals surface area (Å²) in [6, 6.07) is -0.295. The number of nitrogens with two attached hydrogens (primary N) is 1. The van der Waals surface area contributed by atoms with Gasteiger partial charge in [-0.2, -0.15) is 0 Å². The fourth-order valence-electron chi connectivity index (χ4n) is 1.95. The Morgan fingerprint density at radius 1 is 1.50 bits per heavy atom. The maximum absolute atomic E-state index is 12.0. The molecule has 20 heavy (non-hydrogen) atoms. The molecule has 0 spiro atoms. The highest BCUT2D eigenvalue weighted by Crippen LogP contribution is 2.28. The summed E-state index contributed by atoms with van der Waals surface area (Å²) < 4.78 is 0. The number of aromatic nitrogens is 1. The van der Waals surface area contributed by atoms with Crippen LogP contribution in [0.1, 0.15) is 16.6 Å². The fourth-order valence-corrected chi connectivity index (χ4v) is 2.89. The minimum Gasteiger partial charge on any atom is -0.394 e. The van der Waals surface area contributed by atoms with Gasteiger partial charge in [-0.1, -0.05) is 11.3 Å². The van der Waals surface area contributed by atoms with E-state index in [1.165, 1.54) is 11.3 Å². The molecule has 2 rings (SSSR count). The Morgan fingerprint density at radius 2 is 2.15 bits per heavy atom. The van der Waals surface area contributed by atoms with Crippen LogP contribution in [0.2, 0.25) is 0 Å². The molecule has 1 aromatic rings. The van der Waals surface area contributed by atoms with Gasteiger partial charge in [-0.3, -0.25) is 4.79 Å². The number of hydrogen-bond acceptors (Lipinski definition) is 7. The lowest BCUT2D eigenvalue weighted by Crippen LogP contribution is -2.44. The quantitative estimate of drug-likeness (QED) is 0.699. The van der Waals surface area contributed by atoms with Crippen molar-refractivity contribution in [3.63, 3.8) is 0 Å². The number of amides is 1. The Labute approximate surface area is 122 Å². The molecular weight excluding hydrogens is 278 g/mol. The van der Waals surface area contributed by atoms with Gasteiger partial charge in [0.05, 0.1) is 6.61 Å². The number of anilines is 2. The Balaban J connectivity index is 2.07. The molecule has 1 saturated heterocycles. The van der Waals surface area contributed by atoms with Gasteiger partial charge in [0.25, 0.3) is 5.91 Å². The first-order valence-corrected chi connectivity index (χ1v) is 7.44. The van der Waals surface area contributed by atoms with Crippen LogP contribution in [-0.2, 0) is 0 Å². The zero-order chi connectivity index (χ0) is 14.7. The number of hydrogen-bond donors (Lipinski definition) is 3. The van der Waals surface area contributed by atoms with Crippen molar-refractivity contribution in [3.05, 3.63) is 4.88 Å². The van der Waals surface area contributed by atoms with E-state index in [0.29, 0.717) is 4.88 Å². The summed E-state index contributed by atoms with van der Waals surface area (Å²) in [7, 11) is 2.09. The summed E-state index contributed by atoms with van der Waals surface area (Å²) in [4.78, 5) is 21.1. The molecule has 1 atom stereocenters. The van der Waals surface area contributed by atoms with E-state index in [1.54, 1.807) is 6.92 Å². The van der Waals surface area contributed by atoms with Crippen molar-refractivity contribution >= 4 is 28.2 Å². The number of aliphatic hydroxyl groups excluding tert-OH is 1. The summed E-state index contributed by atoms with van der Waals surface area (Å²) >= 11 is 1.31. The number of carbonyl (C=O) groups excluding carboxylic acids is 1. The van der Waals surface area contributed by atoms with Crippen LogP contribution in [0.5, 0.6) is 0 Å². The van der Waals surface area contributed by atoms with Crippen LogP contribution in [-0.4, -0.2) is 66.8 Å². The third-order valence-electron chi connectivity index (χ3n) is 3.27. The highest BCUT2D eigenvalue weighted by molar-refractivity contribution is 7.18. The van der Waals surface area contributed by atoms with E-state index in [0.717, 1.165) is 31.3 Å². The molecule has 1 aliphatic rings. The van der Waals surface area contributed by atoms with Gasteiger partial charge in [-0.15, -0.1) is 0 Å². The van der Waals surface area contributed by atoms with Crippen molar-refractivity contribution in [1.29, 1.82) is 0 Å². The minimum absolute atomic E-state index is 0.101. The lowest BCUT2D eigenvalue weighted by molar-refractivity contribution is 0.0927. The third kappa shape index (κ3) is 3.38. The van der Waals surface area contributed by atoms with E-state index in [2.05, 4.69) is 27.1 Å². The number of piperazine rings is 1. The van der Waals surface area contributed by atoms with E-state index < -0.39 is 0 Å². The Bertz CT molecular complexity index is 470. The average Bonchev–Trinajstić information content (AvgIpc) is 2.81. The molecule has 1 aliphatic heterocycles. The van der Waals surface area contributed by atoms with E-state index in [1.807, 2.05) is 0 Å². The standard InChI is InChI=1S/C12H21N5O2S/c1-8(7-18)14-11(19)9-10(13)15-12(20-9)17-5-3-16(2)4-6-17/h8,18H,3-7,13H2,1-2H3,(H,14,19). The average molecular weight is 299 g/mol. The zero-order valence-corrected chi connectivity index (χ0v) is 12.6. The van der Waals surface area contributed by atoms with Crippen LogP contribution >= 0.6 is 11.3 Å². The molecule has 0 aliphatic carbocycles. The highest BCUT2D eigenvalue weighted by atomic mass is 32.1. The van der Waals surface area contributed by atoms with E-state index in [4.69, 9.17) is 10.8 Å². The van der Waals surface area contributed by atoms with Crippen LogP contribution in [0.25, 0.3) is 0 Å². The number of nitrogens with one attached hydrogen (secondary N) is 1. The monoisotopic (exact) mass is 299 g/mol. The molecule has 0 radical (unpaired) electrons. The van der Waals surface area contributed by atoms with E-state index in [-0.39, 0.29) is 24.4 Å². The number of rotatable bonds is 4. The zero-order valence-electron chi connectivity index (χ0n) is 11.8. The topological polar surface area (TPSA) is 94.7 Å². The van der Waals surface area contributed by atoms with Crippen molar-refractivity contribution in [2.45, 2.75) is 13.0 Å². The minimum atomic E-state index is -0.295. The normalized spacial score (nSPS) is 18.1. The van der Waals surface area contributed by atoms with E-state index >= 15 is 0 Å². The predicted molar refractivity (Wildman–Crippen MR) is 80.3 cm³/mol. The van der Waals surface area contributed by atoms with Crippen molar-refractivity contribution in [2.75, 3.05) is 50.5 Å². The number of carbonyl (C=O) groups is 1. The predicted octanol–water partition coefficient (Wildman–Crippen LogP) is -0.412. The smallest absolute Gasteiger partial charge is 0.265 e. The molecule has 7 nitrogen and oxygen atoms in total. The van der Waals surface area contributed by atoms with Gasteiger partial charge in [-0.05, 0) is 14.0 Å². The first-order chi connectivity index (χ1) is 9.51. The second-order valence-corrected chi connectivity index (χ2v) is 6.04. The Kier molecular flexibility index (Phi) is 4.79. The molecule has 1 fully saturated rings. The Hall–Kier alpha value is -1.38. The highest BCUT2D eigenvalue weighted by Gasteiger charge is 2.22.